The molecule has 1 aromatic carbocycles. The van der Waals surface area contributed by atoms with Crippen molar-refractivity contribution in [3.05, 3.63) is 61.5 Å². The van der Waals surface area contributed by atoms with Gasteiger partial charge in [0.25, 0.3) is 5.56 Å². The number of Topliss-reactive ketones (excluding diaryl/α,β-unsaturated/α-hetero) is 1. The Hall–Kier alpha value is -2.38. The zero-order valence-corrected chi connectivity index (χ0v) is 21.4. The Bertz CT molecular complexity index is 1170. The van der Waals surface area contributed by atoms with Crippen molar-refractivity contribution in [1.82, 2.24) is 9.47 Å². The van der Waals surface area contributed by atoms with Crippen LogP contribution in [-0.4, -0.2) is 40.5 Å². The zero-order valence-electron chi connectivity index (χ0n) is 19.7. The maximum atomic E-state index is 13.2. The molecule has 0 fully saturated rings. The molecule has 0 radical (unpaired) electrons. The lowest BCUT2D eigenvalue weighted by Crippen LogP contribution is -2.41. The highest BCUT2D eigenvalue weighted by molar-refractivity contribution is 7.98. The van der Waals surface area contributed by atoms with Gasteiger partial charge in [-0.1, -0.05) is 45.1 Å². The van der Waals surface area contributed by atoms with E-state index < -0.39 is 5.41 Å². The Morgan fingerprint density at radius 2 is 1.84 bits per heavy atom. The van der Waals surface area contributed by atoms with Crippen LogP contribution in [0.4, 0.5) is 0 Å². The molecular weight excluding hydrogens is 440 g/mol. The maximum absolute atomic E-state index is 13.2. The summed E-state index contributed by atoms with van der Waals surface area (Å²) in [6.07, 6.45) is 5.31. The van der Waals surface area contributed by atoms with Gasteiger partial charge in [0, 0.05) is 29.5 Å². The van der Waals surface area contributed by atoms with E-state index >= 15 is 0 Å². The number of thiazole rings is 1. The van der Waals surface area contributed by atoms with E-state index in [2.05, 4.69) is 6.58 Å². The number of ketones is 1. The second-order valence-corrected chi connectivity index (χ2v) is 10.7. The van der Waals surface area contributed by atoms with Crippen molar-refractivity contribution in [2.75, 3.05) is 19.3 Å². The van der Waals surface area contributed by atoms with Crippen LogP contribution in [0.1, 0.15) is 40.2 Å². The molecule has 1 aromatic heterocycles. The molecule has 0 aliphatic carbocycles. The summed E-state index contributed by atoms with van der Waals surface area (Å²) in [4.78, 5) is 41.6. The minimum Gasteiger partial charge on any atom is -0.337 e. The standard InChI is InChI=1S/C25H32N2O3S2/c1-8-26(15-17(2)3)22(29)16-27-23(14-21(28)25(4,5)6)32-20(24(27)30)13-18-9-11-19(31-7)12-10-18/h9-14H,2,8,15-16H2,1,3-7H3. The van der Waals surface area contributed by atoms with Gasteiger partial charge in [-0.05, 0) is 43.9 Å². The average molecular weight is 473 g/mol. The summed E-state index contributed by atoms with van der Waals surface area (Å²) in [6, 6.07) is 7.91. The van der Waals surface area contributed by atoms with E-state index in [1.165, 1.54) is 22.0 Å². The van der Waals surface area contributed by atoms with Gasteiger partial charge in [0.1, 0.15) is 11.2 Å². The van der Waals surface area contributed by atoms with Crippen molar-refractivity contribution in [1.29, 1.82) is 0 Å². The van der Waals surface area contributed by atoms with Crippen LogP contribution in [-0.2, 0) is 16.1 Å². The second kappa shape index (κ2) is 11.0. The summed E-state index contributed by atoms with van der Waals surface area (Å²) < 4.78 is 2.40. The van der Waals surface area contributed by atoms with Crippen molar-refractivity contribution in [3.63, 3.8) is 0 Å². The Morgan fingerprint density at radius 1 is 1.22 bits per heavy atom. The maximum Gasteiger partial charge on any atom is 0.269 e. The molecule has 0 spiro atoms. The lowest BCUT2D eigenvalue weighted by atomic mass is 9.91. The molecule has 172 valence electrons. The van der Waals surface area contributed by atoms with Crippen LogP contribution in [0.15, 0.2) is 46.1 Å². The third-order valence-corrected chi connectivity index (χ3v) is 6.64. The first-order chi connectivity index (χ1) is 15.0. The van der Waals surface area contributed by atoms with Gasteiger partial charge in [-0.25, -0.2) is 0 Å². The Balaban J connectivity index is 2.59. The third-order valence-electron chi connectivity index (χ3n) is 4.83. The topological polar surface area (TPSA) is 59.4 Å². The molecule has 1 heterocycles. The molecule has 0 bridgehead atoms. The Morgan fingerprint density at radius 3 is 2.34 bits per heavy atom. The minimum absolute atomic E-state index is 0.0925. The van der Waals surface area contributed by atoms with Gasteiger partial charge in [0.2, 0.25) is 5.91 Å². The van der Waals surface area contributed by atoms with E-state index in [4.69, 9.17) is 0 Å². The monoisotopic (exact) mass is 472 g/mol. The summed E-state index contributed by atoms with van der Waals surface area (Å²) in [5.41, 5.74) is 0.916. The van der Waals surface area contributed by atoms with Gasteiger partial charge in [-0.3, -0.25) is 19.0 Å². The molecule has 2 aromatic rings. The largest absolute Gasteiger partial charge is 0.337 e. The molecular formula is C25H32N2O3S2. The fraction of sp³-hybridized carbons (Fsp3) is 0.400. The summed E-state index contributed by atoms with van der Waals surface area (Å²) in [5, 5.41) is 0. The normalized spacial score (nSPS) is 12.8. The highest BCUT2D eigenvalue weighted by Crippen LogP contribution is 2.16. The van der Waals surface area contributed by atoms with E-state index in [0.717, 1.165) is 16.0 Å². The number of nitrogens with zero attached hydrogens (tertiary/aromatic N) is 2. The number of hydrogen-bond acceptors (Lipinski definition) is 5. The number of rotatable bonds is 8. The number of benzene rings is 1. The van der Waals surface area contributed by atoms with E-state index in [0.29, 0.717) is 22.3 Å². The molecule has 0 saturated heterocycles. The van der Waals surface area contributed by atoms with Crippen molar-refractivity contribution >= 4 is 46.9 Å². The van der Waals surface area contributed by atoms with Gasteiger partial charge < -0.3 is 4.90 Å². The fourth-order valence-corrected chi connectivity index (χ4v) is 4.36. The highest BCUT2D eigenvalue weighted by Gasteiger charge is 2.21. The van der Waals surface area contributed by atoms with E-state index in [9.17, 15) is 14.4 Å². The predicted molar refractivity (Wildman–Crippen MR) is 136 cm³/mol. The summed E-state index contributed by atoms with van der Waals surface area (Å²) >= 11 is 2.89. The first kappa shape index (κ1) is 25.9. The van der Waals surface area contributed by atoms with Crippen molar-refractivity contribution in [2.45, 2.75) is 46.1 Å². The van der Waals surface area contributed by atoms with Gasteiger partial charge in [0.15, 0.2) is 5.78 Å². The number of thioether (sulfide) groups is 1. The SMILES string of the molecule is C=C(C)CN(CC)C(=O)Cn1c(=CC(=O)C(C)(C)C)sc(=Cc2ccc(SC)cc2)c1=O. The number of carbonyl (C=O) groups is 2. The summed E-state index contributed by atoms with van der Waals surface area (Å²) in [6.45, 7) is 14.0. The molecule has 0 unspecified atom stereocenters. The lowest BCUT2D eigenvalue weighted by molar-refractivity contribution is -0.131. The van der Waals surface area contributed by atoms with Crippen molar-refractivity contribution in [3.8, 4) is 0 Å². The van der Waals surface area contributed by atoms with Gasteiger partial charge >= 0.3 is 0 Å². The van der Waals surface area contributed by atoms with Gasteiger partial charge in [-0.2, -0.15) is 0 Å². The van der Waals surface area contributed by atoms with E-state index in [-0.39, 0.29) is 23.8 Å². The average Bonchev–Trinajstić information content (AvgIpc) is 3.00. The number of aromatic nitrogens is 1. The van der Waals surface area contributed by atoms with E-state index in [1.807, 2.05) is 71.2 Å². The molecule has 32 heavy (non-hydrogen) atoms. The Labute approximate surface area is 198 Å². The number of likely N-dealkylation sites (N-methyl/N-ethyl adjacent to an activating group) is 1. The van der Waals surface area contributed by atoms with Gasteiger partial charge in [0.05, 0.1) is 4.53 Å². The Kier molecular flexibility index (Phi) is 8.87. The predicted octanol–water partition coefficient (Wildman–Crippen LogP) is 3.28. The lowest BCUT2D eigenvalue weighted by Gasteiger charge is -2.21. The molecule has 0 saturated carbocycles. The quantitative estimate of drug-likeness (QED) is 0.437. The van der Waals surface area contributed by atoms with Crippen LogP contribution in [0.2, 0.25) is 0 Å². The van der Waals surface area contributed by atoms with Crippen LogP contribution in [0, 0.1) is 5.41 Å². The molecule has 1 amide bonds. The molecule has 0 aliphatic rings. The van der Waals surface area contributed by atoms with Crippen LogP contribution in [0.25, 0.3) is 12.2 Å². The number of hydrogen-bond donors (Lipinski definition) is 0. The first-order valence-electron chi connectivity index (χ1n) is 10.5. The second-order valence-electron chi connectivity index (χ2n) is 8.74. The molecule has 7 heteroatoms. The first-order valence-corrected chi connectivity index (χ1v) is 12.5. The smallest absolute Gasteiger partial charge is 0.269 e. The molecule has 2 rings (SSSR count). The molecule has 5 nitrogen and oxygen atoms in total. The van der Waals surface area contributed by atoms with E-state index in [1.54, 1.807) is 16.7 Å². The van der Waals surface area contributed by atoms with Crippen LogP contribution >= 0.6 is 23.1 Å². The summed E-state index contributed by atoms with van der Waals surface area (Å²) in [7, 11) is 0. The highest BCUT2D eigenvalue weighted by atomic mass is 32.2. The summed E-state index contributed by atoms with van der Waals surface area (Å²) in [5.74, 6) is -0.269. The molecule has 0 aliphatic heterocycles. The third kappa shape index (κ3) is 6.81. The van der Waals surface area contributed by atoms with Crippen LogP contribution in [0.5, 0.6) is 0 Å². The number of amides is 1. The van der Waals surface area contributed by atoms with Crippen LogP contribution < -0.4 is 14.8 Å². The van der Waals surface area contributed by atoms with Crippen molar-refractivity contribution < 1.29 is 9.59 Å². The number of carbonyl (C=O) groups excluding carboxylic acids is 2. The zero-order chi connectivity index (χ0) is 24.1. The van der Waals surface area contributed by atoms with Crippen molar-refractivity contribution in [2.24, 2.45) is 5.41 Å². The minimum atomic E-state index is -0.582. The molecule has 0 atom stereocenters. The van der Waals surface area contributed by atoms with Gasteiger partial charge in [-0.15, -0.1) is 23.1 Å². The van der Waals surface area contributed by atoms with Crippen LogP contribution in [0.3, 0.4) is 0 Å². The molecule has 0 N–H and O–H groups in total. The fourth-order valence-electron chi connectivity index (χ4n) is 2.91.